The summed E-state index contributed by atoms with van der Waals surface area (Å²) in [5.74, 6) is 0.323. The minimum atomic E-state index is 0.0254. The minimum absolute atomic E-state index is 0.0254. The van der Waals surface area contributed by atoms with Crippen molar-refractivity contribution in [3.63, 3.8) is 0 Å². The van der Waals surface area contributed by atoms with Gasteiger partial charge in [0.25, 0.3) is 0 Å². The third kappa shape index (κ3) is 2.20. The third-order valence-corrected chi connectivity index (χ3v) is 2.73. The number of aryl methyl sites for hydroxylation is 1. The van der Waals surface area contributed by atoms with Crippen LogP contribution in [-0.2, 0) is 6.42 Å². The van der Waals surface area contributed by atoms with Crippen molar-refractivity contribution >= 4 is 11.6 Å². The first-order valence-electron chi connectivity index (χ1n) is 4.66. The summed E-state index contributed by atoms with van der Waals surface area (Å²) in [6, 6.07) is 1.80. The average molecular weight is 214 g/mol. The lowest BCUT2D eigenvalue weighted by Crippen LogP contribution is -2.18. The molecule has 1 aromatic carbocycles. The number of phenolic OH excluding ortho intramolecular Hbond substituents is 1. The summed E-state index contributed by atoms with van der Waals surface area (Å²) in [5.41, 5.74) is 8.30. The van der Waals surface area contributed by atoms with Crippen LogP contribution in [0.3, 0.4) is 0 Å². The molecule has 0 aliphatic carbocycles. The SMILES string of the molecule is Cc1cc(Cl)c(C)c(CC(C)N)c1O. The van der Waals surface area contributed by atoms with E-state index in [0.29, 0.717) is 17.2 Å². The molecule has 1 rings (SSSR count). The molecule has 0 spiro atoms. The number of halogens is 1. The van der Waals surface area contributed by atoms with Crippen LogP contribution in [-0.4, -0.2) is 11.1 Å². The molecular weight excluding hydrogens is 198 g/mol. The van der Waals surface area contributed by atoms with Crippen molar-refractivity contribution in [2.45, 2.75) is 33.2 Å². The molecular formula is C11H16ClNO. The maximum absolute atomic E-state index is 9.84. The normalized spacial score (nSPS) is 12.9. The van der Waals surface area contributed by atoms with Gasteiger partial charge in [0.1, 0.15) is 5.75 Å². The Hall–Kier alpha value is -0.730. The molecule has 1 unspecified atom stereocenters. The molecule has 0 aliphatic heterocycles. The first-order valence-corrected chi connectivity index (χ1v) is 5.04. The van der Waals surface area contributed by atoms with E-state index >= 15 is 0 Å². The molecule has 0 fully saturated rings. The fourth-order valence-corrected chi connectivity index (χ4v) is 1.78. The van der Waals surface area contributed by atoms with Gasteiger partial charge in [0.2, 0.25) is 0 Å². The van der Waals surface area contributed by atoms with E-state index in [1.807, 2.05) is 20.8 Å². The van der Waals surface area contributed by atoms with E-state index in [2.05, 4.69) is 0 Å². The van der Waals surface area contributed by atoms with Gasteiger partial charge in [-0.25, -0.2) is 0 Å². The molecule has 0 radical (unpaired) electrons. The van der Waals surface area contributed by atoms with Crippen molar-refractivity contribution < 1.29 is 5.11 Å². The van der Waals surface area contributed by atoms with Crippen molar-refractivity contribution in [3.05, 3.63) is 27.8 Å². The van der Waals surface area contributed by atoms with Crippen LogP contribution in [0.5, 0.6) is 5.75 Å². The van der Waals surface area contributed by atoms with Crippen LogP contribution in [0.2, 0.25) is 5.02 Å². The Labute approximate surface area is 89.7 Å². The molecule has 3 heteroatoms. The molecule has 0 aliphatic rings. The van der Waals surface area contributed by atoms with Crippen molar-refractivity contribution in [1.82, 2.24) is 0 Å². The highest BCUT2D eigenvalue weighted by Crippen LogP contribution is 2.31. The molecule has 3 N–H and O–H groups in total. The minimum Gasteiger partial charge on any atom is -0.507 e. The molecule has 0 saturated heterocycles. The van der Waals surface area contributed by atoms with Gasteiger partial charge in [-0.1, -0.05) is 11.6 Å². The van der Waals surface area contributed by atoms with Gasteiger partial charge in [-0.3, -0.25) is 0 Å². The molecule has 14 heavy (non-hydrogen) atoms. The number of hydrogen-bond acceptors (Lipinski definition) is 2. The highest BCUT2D eigenvalue weighted by Gasteiger charge is 2.12. The predicted octanol–water partition coefficient (Wildman–Crippen LogP) is 2.55. The summed E-state index contributed by atoms with van der Waals surface area (Å²) < 4.78 is 0. The zero-order chi connectivity index (χ0) is 10.9. The Kier molecular flexibility index (Phi) is 3.40. The maximum atomic E-state index is 9.84. The van der Waals surface area contributed by atoms with E-state index in [0.717, 1.165) is 16.7 Å². The Morgan fingerprint density at radius 2 is 2.07 bits per heavy atom. The third-order valence-electron chi connectivity index (χ3n) is 2.34. The molecule has 0 heterocycles. The maximum Gasteiger partial charge on any atom is 0.122 e. The lowest BCUT2D eigenvalue weighted by Gasteiger charge is -2.14. The Bertz CT molecular complexity index is 321. The van der Waals surface area contributed by atoms with Crippen molar-refractivity contribution in [1.29, 1.82) is 0 Å². The van der Waals surface area contributed by atoms with E-state index < -0.39 is 0 Å². The molecule has 0 bridgehead atoms. The summed E-state index contributed by atoms with van der Waals surface area (Å²) in [5, 5.41) is 10.5. The van der Waals surface area contributed by atoms with Gasteiger partial charge in [-0.05, 0) is 44.4 Å². The second-order valence-electron chi connectivity index (χ2n) is 3.81. The van der Waals surface area contributed by atoms with E-state index in [1.165, 1.54) is 0 Å². The number of rotatable bonds is 2. The average Bonchev–Trinajstić information content (AvgIpc) is 2.09. The number of benzene rings is 1. The predicted molar refractivity (Wildman–Crippen MR) is 59.9 cm³/mol. The molecule has 0 saturated carbocycles. The number of aromatic hydroxyl groups is 1. The number of hydrogen-bond donors (Lipinski definition) is 2. The van der Waals surface area contributed by atoms with Crippen LogP contribution in [0.25, 0.3) is 0 Å². The van der Waals surface area contributed by atoms with E-state index in [9.17, 15) is 5.11 Å². The van der Waals surface area contributed by atoms with Crippen LogP contribution in [0.1, 0.15) is 23.6 Å². The van der Waals surface area contributed by atoms with Gasteiger partial charge in [0.05, 0.1) is 0 Å². The van der Waals surface area contributed by atoms with Gasteiger partial charge in [0, 0.05) is 16.6 Å². The molecule has 78 valence electrons. The van der Waals surface area contributed by atoms with E-state index in [-0.39, 0.29) is 6.04 Å². The van der Waals surface area contributed by atoms with Crippen LogP contribution in [0.4, 0.5) is 0 Å². The summed E-state index contributed by atoms with van der Waals surface area (Å²) >= 11 is 6.02. The summed E-state index contributed by atoms with van der Waals surface area (Å²) in [4.78, 5) is 0. The Morgan fingerprint density at radius 3 is 2.57 bits per heavy atom. The lowest BCUT2D eigenvalue weighted by molar-refractivity contribution is 0.460. The van der Waals surface area contributed by atoms with Gasteiger partial charge >= 0.3 is 0 Å². The standard InChI is InChI=1S/C11H16ClNO/c1-6-4-10(12)8(3)9(11(6)14)5-7(2)13/h4,7,14H,5,13H2,1-3H3. The summed E-state index contributed by atoms with van der Waals surface area (Å²) in [6.07, 6.45) is 0.652. The monoisotopic (exact) mass is 213 g/mol. The van der Waals surface area contributed by atoms with Gasteiger partial charge in [-0.15, -0.1) is 0 Å². The fraction of sp³-hybridized carbons (Fsp3) is 0.455. The first-order chi connectivity index (χ1) is 6.43. The van der Waals surface area contributed by atoms with Crippen LogP contribution < -0.4 is 5.73 Å². The quantitative estimate of drug-likeness (QED) is 0.793. The van der Waals surface area contributed by atoms with E-state index in [4.69, 9.17) is 17.3 Å². The summed E-state index contributed by atoms with van der Waals surface area (Å²) in [6.45, 7) is 5.65. The van der Waals surface area contributed by atoms with Crippen molar-refractivity contribution in [2.75, 3.05) is 0 Å². The second kappa shape index (κ2) is 4.20. The number of phenols is 1. The molecule has 0 amide bonds. The molecule has 1 aromatic rings. The fourth-order valence-electron chi connectivity index (χ4n) is 1.50. The molecule has 1 atom stereocenters. The topological polar surface area (TPSA) is 46.2 Å². The number of nitrogens with two attached hydrogens (primary N) is 1. The van der Waals surface area contributed by atoms with Crippen LogP contribution >= 0.6 is 11.6 Å². The van der Waals surface area contributed by atoms with Crippen molar-refractivity contribution in [2.24, 2.45) is 5.73 Å². The van der Waals surface area contributed by atoms with Gasteiger partial charge in [-0.2, -0.15) is 0 Å². The van der Waals surface area contributed by atoms with E-state index in [1.54, 1.807) is 6.07 Å². The molecule has 2 nitrogen and oxygen atoms in total. The summed E-state index contributed by atoms with van der Waals surface area (Å²) in [7, 11) is 0. The largest absolute Gasteiger partial charge is 0.507 e. The highest BCUT2D eigenvalue weighted by molar-refractivity contribution is 6.31. The Morgan fingerprint density at radius 1 is 1.50 bits per heavy atom. The van der Waals surface area contributed by atoms with Crippen LogP contribution in [0, 0.1) is 13.8 Å². The highest BCUT2D eigenvalue weighted by atomic mass is 35.5. The van der Waals surface area contributed by atoms with Gasteiger partial charge < -0.3 is 10.8 Å². The zero-order valence-corrected chi connectivity index (χ0v) is 9.52. The lowest BCUT2D eigenvalue weighted by atomic mass is 9.98. The Balaban J connectivity index is 3.25. The molecule has 0 aromatic heterocycles. The van der Waals surface area contributed by atoms with Crippen molar-refractivity contribution in [3.8, 4) is 5.75 Å². The zero-order valence-electron chi connectivity index (χ0n) is 8.76. The van der Waals surface area contributed by atoms with Crippen LogP contribution in [0.15, 0.2) is 6.07 Å². The van der Waals surface area contributed by atoms with Gasteiger partial charge in [0.15, 0.2) is 0 Å². The smallest absolute Gasteiger partial charge is 0.122 e. The first kappa shape index (κ1) is 11.3. The second-order valence-corrected chi connectivity index (χ2v) is 4.22.